The van der Waals surface area contributed by atoms with Crippen molar-refractivity contribution in [3.63, 3.8) is 0 Å². The Balaban J connectivity index is 0.00000264. The fraction of sp³-hybridized carbons (Fsp3) is 0.562. The molecule has 7 heteroatoms. The maximum absolute atomic E-state index is 13.7. The summed E-state index contributed by atoms with van der Waals surface area (Å²) >= 11 is 0. The summed E-state index contributed by atoms with van der Waals surface area (Å²) < 4.78 is 18.7. The van der Waals surface area contributed by atoms with Crippen LogP contribution in [-0.4, -0.2) is 44.1 Å². The van der Waals surface area contributed by atoms with E-state index in [1.54, 1.807) is 6.07 Å². The molecular weight excluding hydrogens is 321 g/mol. The van der Waals surface area contributed by atoms with Crippen molar-refractivity contribution in [3.8, 4) is 5.75 Å². The van der Waals surface area contributed by atoms with E-state index < -0.39 is 0 Å². The molecule has 1 aromatic carbocycles. The van der Waals surface area contributed by atoms with E-state index in [-0.39, 0.29) is 35.8 Å². The smallest absolute Gasteiger partial charge is 0.224 e. The molecule has 1 unspecified atom stereocenters. The van der Waals surface area contributed by atoms with Crippen molar-refractivity contribution in [2.45, 2.75) is 19.4 Å². The molecule has 0 aromatic heterocycles. The first kappa shape index (κ1) is 19.7. The molecule has 1 atom stereocenters. The van der Waals surface area contributed by atoms with Gasteiger partial charge in [0.2, 0.25) is 5.91 Å². The van der Waals surface area contributed by atoms with Crippen LogP contribution in [0.4, 0.5) is 4.39 Å². The molecule has 130 valence electrons. The standard InChI is InChI=1S/C16H24FN3O2.ClH/c1-22-15-5-4-12(9-14(15)17)10-20-8-2-3-13(11-20)16(21)19-7-6-18;/h4-5,9,13H,2-3,6-8,10-11,18H2,1H3,(H,19,21);1H. The van der Waals surface area contributed by atoms with Gasteiger partial charge in [-0.05, 0) is 37.1 Å². The number of benzene rings is 1. The number of ether oxygens (including phenoxy) is 1. The number of rotatable bonds is 6. The van der Waals surface area contributed by atoms with E-state index in [2.05, 4.69) is 10.2 Å². The van der Waals surface area contributed by atoms with Crippen molar-refractivity contribution in [1.29, 1.82) is 0 Å². The number of piperidine rings is 1. The van der Waals surface area contributed by atoms with Gasteiger partial charge in [0.25, 0.3) is 0 Å². The Morgan fingerprint density at radius 2 is 2.30 bits per heavy atom. The summed E-state index contributed by atoms with van der Waals surface area (Å²) in [6.45, 7) is 3.23. The van der Waals surface area contributed by atoms with E-state index in [1.165, 1.54) is 13.2 Å². The van der Waals surface area contributed by atoms with Crippen LogP contribution in [0.25, 0.3) is 0 Å². The number of carbonyl (C=O) groups excluding carboxylic acids is 1. The number of halogens is 2. The Labute approximate surface area is 142 Å². The lowest BCUT2D eigenvalue weighted by molar-refractivity contribution is -0.126. The maximum atomic E-state index is 13.7. The lowest BCUT2D eigenvalue weighted by atomic mass is 9.96. The van der Waals surface area contributed by atoms with Crippen LogP contribution in [0.2, 0.25) is 0 Å². The van der Waals surface area contributed by atoms with E-state index in [1.807, 2.05) is 6.07 Å². The normalized spacial score (nSPS) is 18.1. The summed E-state index contributed by atoms with van der Waals surface area (Å²) in [6.07, 6.45) is 1.86. The first-order valence-corrected chi connectivity index (χ1v) is 7.66. The molecule has 5 nitrogen and oxygen atoms in total. The Bertz CT molecular complexity index is 516. The zero-order valence-corrected chi connectivity index (χ0v) is 14.2. The van der Waals surface area contributed by atoms with Crippen molar-refractivity contribution >= 4 is 18.3 Å². The minimum absolute atomic E-state index is 0. The number of nitrogens with two attached hydrogens (primary N) is 1. The molecule has 1 heterocycles. The second-order valence-electron chi connectivity index (χ2n) is 5.62. The fourth-order valence-electron chi connectivity index (χ4n) is 2.82. The van der Waals surface area contributed by atoms with E-state index in [0.717, 1.165) is 24.9 Å². The van der Waals surface area contributed by atoms with Crippen LogP contribution in [0.5, 0.6) is 5.75 Å². The summed E-state index contributed by atoms with van der Waals surface area (Å²) in [5.41, 5.74) is 6.29. The molecule has 0 aliphatic carbocycles. The fourth-order valence-corrected chi connectivity index (χ4v) is 2.82. The highest BCUT2D eigenvalue weighted by atomic mass is 35.5. The predicted octanol–water partition coefficient (Wildman–Crippen LogP) is 1.54. The summed E-state index contributed by atoms with van der Waals surface area (Å²) in [6, 6.07) is 5.00. The zero-order chi connectivity index (χ0) is 15.9. The number of amides is 1. The number of likely N-dealkylation sites (tertiary alicyclic amines) is 1. The topological polar surface area (TPSA) is 67.6 Å². The second kappa shape index (κ2) is 9.70. The summed E-state index contributed by atoms with van der Waals surface area (Å²) in [5.74, 6) is -0.0462. The molecule has 1 fully saturated rings. The summed E-state index contributed by atoms with van der Waals surface area (Å²) in [7, 11) is 1.45. The highest BCUT2D eigenvalue weighted by Gasteiger charge is 2.25. The van der Waals surface area contributed by atoms with Gasteiger partial charge in [0.1, 0.15) is 0 Å². The van der Waals surface area contributed by atoms with E-state index >= 15 is 0 Å². The van der Waals surface area contributed by atoms with Crippen molar-refractivity contribution in [1.82, 2.24) is 10.2 Å². The SMILES string of the molecule is COc1ccc(CN2CCCC(C(=O)NCCN)C2)cc1F.Cl. The Morgan fingerprint density at radius 1 is 1.52 bits per heavy atom. The molecule has 2 rings (SSSR count). The number of carbonyl (C=O) groups is 1. The molecule has 0 bridgehead atoms. The monoisotopic (exact) mass is 345 g/mol. The number of nitrogens with zero attached hydrogens (tertiary/aromatic N) is 1. The molecule has 0 saturated carbocycles. The van der Waals surface area contributed by atoms with Crippen molar-refractivity contribution in [2.75, 3.05) is 33.3 Å². The molecule has 1 saturated heterocycles. The third-order valence-electron chi connectivity index (χ3n) is 3.94. The minimum atomic E-state index is -0.353. The molecule has 0 radical (unpaired) electrons. The third-order valence-corrected chi connectivity index (χ3v) is 3.94. The van der Waals surface area contributed by atoms with Gasteiger partial charge < -0.3 is 15.8 Å². The lowest BCUT2D eigenvalue weighted by Gasteiger charge is -2.32. The predicted molar refractivity (Wildman–Crippen MR) is 90.3 cm³/mol. The van der Waals surface area contributed by atoms with Crippen LogP contribution in [0.3, 0.4) is 0 Å². The molecule has 1 aliphatic heterocycles. The van der Waals surface area contributed by atoms with E-state index in [4.69, 9.17) is 10.5 Å². The van der Waals surface area contributed by atoms with Crippen molar-refractivity contribution in [3.05, 3.63) is 29.6 Å². The first-order valence-electron chi connectivity index (χ1n) is 7.66. The van der Waals surface area contributed by atoms with Gasteiger partial charge in [-0.2, -0.15) is 0 Å². The van der Waals surface area contributed by atoms with Crippen LogP contribution >= 0.6 is 12.4 Å². The Morgan fingerprint density at radius 3 is 2.96 bits per heavy atom. The van der Waals surface area contributed by atoms with Crippen molar-refractivity contribution in [2.24, 2.45) is 11.7 Å². The van der Waals surface area contributed by atoms with Crippen molar-refractivity contribution < 1.29 is 13.9 Å². The van der Waals surface area contributed by atoms with E-state index in [9.17, 15) is 9.18 Å². The van der Waals surface area contributed by atoms with Crippen LogP contribution in [0.15, 0.2) is 18.2 Å². The van der Waals surface area contributed by atoms with Crippen LogP contribution in [0.1, 0.15) is 18.4 Å². The van der Waals surface area contributed by atoms with Gasteiger partial charge in [-0.1, -0.05) is 6.07 Å². The number of hydrogen-bond acceptors (Lipinski definition) is 4. The zero-order valence-electron chi connectivity index (χ0n) is 13.4. The summed E-state index contributed by atoms with van der Waals surface area (Å²) in [4.78, 5) is 14.2. The second-order valence-corrected chi connectivity index (χ2v) is 5.62. The van der Waals surface area contributed by atoms with Crippen LogP contribution in [-0.2, 0) is 11.3 Å². The maximum Gasteiger partial charge on any atom is 0.224 e. The van der Waals surface area contributed by atoms with E-state index in [0.29, 0.717) is 26.2 Å². The van der Waals surface area contributed by atoms with Gasteiger partial charge in [-0.15, -0.1) is 12.4 Å². The number of hydrogen-bond donors (Lipinski definition) is 2. The van der Waals surface area contributed by atoms with Crippen LogP contribution in [0, 0.1) is 11.7 Å². The lowest BCUT2D eigenvalue weighted by Crippen LogP contribution is -2.43. The molecule has 1 aliphatic rings. The first-order chi connectivity index (χ1) is 10.6. The minimum Gasteiger partial charge on any atom is -0.494 e. The molecule has 3 N–H and O–H groups in total. The Kier molecular flexibility index (Phi) is 8.30. The van der Waals surface area contributed by atoms with Gasteiger partial charge >= 0.3 is 0 Å². The molecular formula is C16H25ClFN3O2. The summed E-state index contributed by atoms with van der Waals surface area (Å²) in [5, 5.41) is 2.84. The molecule has 0 spiro atoms. The van der Waals surface area contributed by atoms with Gasteiger partial charge in [-0.3, -0.25) is 9.69 Å². The van der Waals surface area contributed by atoms with Gasteiger partial charge in [0.05, 0.1) is 13.0 Å². The molecule has 23 heavy (non-hydrogen) atoms. The molecule has 1 amide bonds. The highest BCUT2D eigenvalue weighted by molar-refractivity contribution is 5.85. The average Bonchev–Trinajstić information content (AvgIpc) is 2.53. The quantitative estimate of drug-likeness (QED) is 0.820. The van der Waals surface area contributed by atoms with Crippen LogP contribution < -0.4 is 15.8 Å². The van der Waals surface area contributed by atoms with Gasteiger partial charge in [0, 0.05) is 26.2 Å². The van der Waals surface area contributed by atoms with Gasteiger partial charge in [0.15, 0.2) is 11.6 Å². The highest BCUT2D eigenvalue weighted by Crippen LogP contribution is 2.22. The largest absolute Gasteiger partial charge is 0.494 e. The average molecular weight is 346 g/mol. The Hall–Kier alpha value is -1.37. The molecule has 1 aromatic rings. The van der Waals surface area contributed by atoms with Gasteiger partial charge in [-0.25, -0.2) is 4.39 Å². The number of nitrogens with one attached hydrogen (secondary N) is 1. The number of methoxy groups -OCH3 is 1. The third kappa shape index (κ3) is 5.64.